The Morgan fingerprint density at radius 1 is 1.35 bits per heavy atom. The van der Waals surface area contributed by atoms with E-state index in [4.69, 9.17) is 39.5 Å². The van der Waals surface area contributed by atoms with Gasteiger partial charge in [-0.25, -0.2) is 4.79 Å². The van der Waals surface area contributed by atoms with Gasteiger partial charge in [-0.05, 0) is 5.56 Å². The Bertz CT molecular complexity index is 405. The lowest BCUT2D eigenvalue weighted by Gasteiger charge is -2.12. The Morgan fingerprint density at radius 3 is 2.59 bits per heavy atom. The van der Waals surface area contributed by atoms with E-state index < -0.39 is 9.89 Å². The molecule has 2 rings (SSSR count). The van der Waals surface area contributed by atoms with Crippen LogP contribution >= 0.6 is 34.8 Å². The van der Waals surface area contributed by atoms with Gasteiger partial charge in [-0.1, -0.05) is 65.1 Å². The number of amides is 1. The van der Waals surface area contributed by atoms with Crippen molar-refractivity contribution in [3.05, 3.63) is 35.9 Å². The van der Waals surface area contributed by atoms with Gasteiger partial charge in [0.1, 0.15) is 6.61 Å². The molecule has 6 heteroatoms. The molecular formula is C11H10Cl3NO2. The van der Waals surface area contributed by atoms with Crippen LogP contribution in [0.15, 0.2) is 30.3 Å². The van der Waals surface area contributed by atoms with Crippen molar-refractivity contribution in [2.45, 2.75) is 9.83 Å². The summed E-state index contributed by atoms with van der Waals surface area (Å²) in [7, 11) is 0. The second-order valence-corrected chi connectivity index (χ2v) is 6.26. The van der Waals surface area contributed by atoms with Crippen LogP contribution in [-0.2, 0) is 4.74 Å². The molecule has 0 aliphatic carbocycles. The zero-order valence-corrected chi connectivity index (χ0v) is 11.0. The van der Waals surface area contributed by atoms with Crippen molar-refractivity contribution in [1.82, 2.24) is 4.90 Å². The maximum Gasteiger partial charge on any atom is 0.410 e. The highest BCUT2D eigenvalue weighted by molar-refractivity contribution is 6.67. The van der Waals surface area contributed by atoms with E-state index >= 15 is 0 Å². The maximum atomic E-state index is 11.6. The summed E-state index contributed by atoms with van der Waals surface area (Å²) in [5.74, 6) is 0. The second kappa shape index (κ2) is 4.92. The molecule has 0 saturated carbocycles. The van der Waals surface area contributed by atoms with Gasteiger partial charge in [-0.3, -0.25) is 4.90 Å². The first-order valence-electron chi connectivity index (χ1n) is 5.02. The highest BCUT2D eigenvalue weighted by atomic mass is 35.6. The van der Waals surface area contributed by atoms with Crippen LogP contribution < -0.4 is 0 Å². The first-order valence-corrected chi connectivity index (χ1v) is 6.16. The van der Waals surface area contributed by atoms with E-state index in [1.54, 1.807) is 4.90 Å². The lowest BCUT2D eigenvalue weighted by Crippen LogP contribution is -2.21. The van der Waals surface area contributed by atoms with E-state index in [9.17, 15) is 4.79 Å². The van der Waals surface area contributed by atoms with Gasteiger partial charge in [0, 0.05) is 6.54 Å². The Kier molecular flexibility index (Phi) is 3.71. The summed E-state index contributed by atoms with van der Waals surface area (Å²) in [6.07, 6.45) is -0.454. The number of hydrogen-bond acceptors (Lipinski definition) is 2. The van der Waals surface area contributed by atoms with Crippen LogP contribution in [0.2, 0.25) is 0 Å². The molecule has 1 amide bonds. The average molecular weight is 295 g/mol. The van der Waals surface area contributed by atoms with Crippen LogP contribution in [0.4, 0.5) is 4.79 Å². The summed E-state index contributed by atoms with van der Waals surface area (Å²) in [6.45, 7) is 0.400. The number of ether oxygens (including phenoxy) is 1. The van der Waals surface area contributed by atoms with Gasteiger partial charge in [0.15, 0.2) is 0 Å². The Morgan fingerprint density at radius 2 is 2.00 bits per heavy atom. The first kappa shape index (κ1) is 12.8. The lowest BCUT2D eigenvalue weighted by molar-refractivity contribution is 0.131. The summed E-state index contributed by atoms with van der Waals surface area (Å²) < 4.78 is 3.31. The molecule has 1 atom stereocenters. The third kappa shape index (κ3) is 3.66. The third-order valence-corrected chi connectivity index (χ3v) is 2.72. The number of carbonyl (C=O) groups excluding carboxylic acids is 1. The fourth-order valence-corrected chi connectivity index (χ4v) is 1.69. The maximum absolute atomic E-state index is 11.6. The molecular weight excluding hydrogens is 284 g/mol. The summed E-state index contributed by atoms with van der Waals surface area (Å²) in [6, 6.07) is 9.80. The molecule has 1 saturated heterocycles. The van der Waals surface area contributed by atoms with Crippen molar-refractivity contribution in [3.63, 3.8) is 0 Å². The van der Waals surface area contributed by atoms with Crippen LogP contribution in [-0.4, -0.2) is 27.9 Å². The van der Waals surface area contributed by atoms with Crippen LogP contribution in [0.5, 0.6) is 0 Å². The normalized spacial score (nSPS) is 19.0. The van der Waals surface area contributed by atoms with E-state index in [2.05, 4.69) is 0 Å². The summed E-state index contributed by atoms with van der Waals surface area (Å²) in [5.41, 5.74) is 1.08. The topological polar surface area (TPSA) is 29.3 Å². The monoisotopic (exact) mass is 293 g/mol. The number of benzene rings is 1. The zero-order chi connectivity index (χ0) is 12.5. The van der Waals surface area contributed by atoms with E-state index in [0.29, 0.717) is 6.54 Å². The molecule has 1 unspecified atom stereocenters. The van der Waals surface area contributed by atoms with Crippen LogP contribution in [0, 0.1) is 0 Å². The van der Waals surface area contributed by atoms with Crippen molar-refractivity contribution in [2.24, 2.45) is 0 Å². The average Bonchev–Trinajstić information content (AvgIpc) is 3.06. The number of alkyl halides is 3. The fraction of sp³-hybridized carbons (Fsp3) is 0.364. The molecule has 17 heavy (non-hydrogen) atoms. The van der Waals surface area contributed by atoms with Gasteiger partial charge in [0.05, 0.1) is 6.04 Å². The van der Waals surface area contributed by atoms with Crippen molar-refractivity contribution in [1.29, 1.82) is 0 Å². The lowest BCUT2D eigenvalue weighted by atomic mass is 10.2. The number of nitrogens with zero attached hydrogens (tertiary/aromatic N) is 1. The van der Waals surface area contributed by atoms with Gasteiger partial charge in [-0.2, -0.15) is 0 Å². The highest BCUT2D eigenvalue weighted by Crippen LogP contribution is 2.35. The second-order valence-electron chi connectivity index (χ2n) is 3.75. The molecule has 1 aliphatic rings. The molecule has 0 aromatic heterocycles. The minimum Gasteiger partial charge on any atom is -0.445 e. The minimum atomic E-state index is -1.56. The van der Waals surface area contributed by atoms with Gasteiger partial charge in [-0.15, -0.1) is 0 Å². The van der Waals surface area contributed by atoms with Crippen molar-refractivity contribution in [3.8, 4) is 0 Å². The summed E-state index contributed by atoms with van der Waals surface area (Å²) >= 11 is 16.5. The first-order chi connectivity index (χ1) is 7.97. The fourth-order valence-electron chi connectivity index (χ4n) is 1.53. The number of carbonyl (C=O) groups is 1. The highest BCUT2D eigenvalue weighted by Gasteiger charge is 2.41. The van der Waals surface area contributed by atoms with E-state index in [0.717, 1.165) is 5.56 Å². The van der Waals surface area contributed by atoms with Crippen molar-refractivity contribution in [2.75, 3.05) is 13.2 Å². The molecule has 1 aromatic carbocycles. The Balaban J connectivity index is 1.85. The number of rotatable bonds is 2. The van der Waals surface area contributed by atoms with E-state index in [1.165, 1.54) is 0 Å². The van der Waals surface area contributed by atoms with Gasteiger partial charge in [0.25, 0.3) is 0 Å². The molecule has 1 fully saturated rings. The van der Waals surface area contributed by atoms with E-state index in [1.807, 2.05) is 30.3 Å². The van der Waals surface area contributed by atoms with Crippen LogP contribution in [0.1, 0.15) is 11.6 Å². The predicted molar refractivity (Wildman–Crippen MR) is 67.5 cm³/mol. The van der Waals surface area contributed by atoms with Gasteiger partial charge >= 0.3 is 6.09 Å². The molecule has 0 N–H and O–H groups in total. The third-order valence-electron chi connectivity index (χ3n) is 2.39. The molecule has 1 heterocycles. The SMILES string of the molecule is O=C(OCC(Cl)(Cl)Cl)N1CC1c1ccccc1. The Labute approximate surface area is 114 Å². The van der Waals surface area contributed by atoms with Crippen LogP contribution in [0.25, 0.3) is 0 Å². The molecule has 0 spiro atoms. The quantitative estimate of drug-likeness (QED) is 0.616. The zero-order valence-electron chi connectivity index (χ0n) is 8.78. The number of hydrogen-bond donors (Lipinski definition) is 0. The summed E-state index contributed by atoms with van der Waals surface area (Å²) in [4.78, 5) is 13.1. The molecule has 92 valence electrons. The van der Waals surface area contributed by atoms with Gasteiger partial charge in [0.2, 0.25) is 3.79 Å². The van der Waals surface area contributed by atoms with Crippen molar-refractivity contribution < 1.29 is 9.53 Å². The molecule has 3 nitrogen and oxygen atoms in total. The Hall–Kier alpha value is -0.640. The smallest absolute Gasteiger partial charge is 0.410 e. The largest absolute Gasteiger partial charge is 0.445 e. The standard InChI is InChI=1S/C11H10Cl3NO2/c12-11(13,14)7-17-10(16)15-6-9(15)8-4-2-1-3-5-8/h1-5,9H,6-7H2. The minimum absolute atomic E-state index is 0.0825. The predicted octanol–water partition coefficient (Wildman–Crippen LogP) is 3.55. The van der Waals surface area contributed by atoms with E-state index in [-0.39, 0.29) is 12.6 Å². The van der Waals surface area contributed by atoms with Gasteiger partial charge < -0.3 is 4.74 Å². The van der Waals surface area contributed by atoms with Crippen molar-refractivity contribution >= 4 is 40.9 Å². The number of halogens is 3. The molecule has 1 aliphatic heterocycles. The molecule has 0 bridgehead atoms. The molecule has 1 aromatic rings. The van der Waals surface area contributed by atoms with Crippen LogP contribution in [0.3, 0.4) is 0 Å². The summed E-state index contributed by atoms with van der Waals surface area (Å²) in [5, 5.41) is 0. The molecule has 0 radical (unpaired) electrons.